The summed E-state index contributed by atoms with van der Waals surface area (Å²) in [5.74, 6) is -0.850. The Balaban J connectivity index is 2.42. The molecule has 0 radical (unpaired) electrons. The topological polar surface area (TPSA) is 65.3 Å². The maximum absolute atomic E-state index is 13.2. The molecule has 1 heterocycles. The Morgan fingerprint density at radius 1 is 1.42 bits per heavy atom. The van der Waals surface area contributed by atoms with E-state index in [2.05, 4.69) is 4.98 Å². The van der Waals surface area contributed by atoms with Crippen LogP contribution in [0.1, 0.15) is 0 Å². The van der Waals surface area contributed by atoms with Crippen LogP contribution in [0.3, 0.4) is 0 Å². The lowest BCUT2D eigenvalue weighted by Crippen LogP contribution is -1.96. The first-order valence-corrected chi connectivity index (χ1v) is 6.36. The number of halogens is 3. The summed E-state index contributed by atoms with van der Waals surface area (Å²) in [6.45, 7) is 0. The van der Waals surface area contributed by atoms with E-state index in [0.717, 1.165) is 6.07 Å². The number of aromatic nitrogens is 1. The molecule has 0 saturated heterocycles. The van der Waals surface area contributed by atoms with Crippen molar-refractivity contribution in [3.05, 3.63) is 55.0 Å². The second-order valence-corrected chi connectivity index (χ2v) is 4.95. The first kappa shape index (κ1) is 13.9. The SMILES string of the molecule is O=[N+]([O-])c1ncccc1Oc1cc(I)c(F)cc1Cl. The van der Waals surface area contributed by atoms with Gasteiger partial charge in [0.05, 0.1) is 8.59 Å². The van der Waals surface area contributed by atoms with Gasteiger partial charge in [-0.15, -0.1) is 0 Å². The van der Waals surface area contributed by atoms with Gasteiger partial charge in [-0.05, 0) is 56.8 Å². The van der Waals surface area contributed by atoms with Crippen LogP contribution in [-0.4, -0.2) is 9.91 Å². The first-order valence-electron chi connectivity index (χ1n) is 4.91. The Bertz CT molecular complexity index is 654. The number of hydrogen-bond donors (Lipinski definition) is 0. The standard InChI is InChI=1S/C11H5ClFIN2O3/c12-6-4-7(13)8(14)5-10(6)19-9-2-1-3-15-11(9)16(17)18/h1-5H. The minimum absolute atomic E-state index is 0.0241. The monoisotopic (exact) mass is 394 g/mol. The molecule has 0 aliphatic heterocycles. The van der Waals surface area contributed by atoms with Gasteiger partial charge in [-0.2, -0.15) is 0 Å². The van der Waals surface area contributed by atoms with Crippen molar-refractivity contribution in [1.82, 2.24) is 4.98 Å². The molecule has 0 aliphatic rings. The van der Waals surface area contributed by atoms with E-state index in [4.69, 9.17) is 16.3 Å². The smallest absolute Gasteiger partial charge is 0.406 e. The average molecular weight is 395 g/mol. The molecule has 2 aromatic rings. The van der Waals surface area contributed by atoms with Gasteiger partial charge in [0.2, 0.25) is 5.75 Å². The lowest BCUT2D eigenvalue weighted by Gasteiger charge is -2.08. The zero-order valence-corrected chi connectivity index (χ0v) is 12.1. The third-order valence-electron chi connectivity index (χ3n) is 2.12. The van der Waals surface area contributed by atoms with E-state index >= 15 is 0 Å². The molecule has 8 heteroatoms. The molecular formula is C11H5ClFIN2O3. The fourth-order valence-corrected chi connectivity index (χ4v) is 1.93. The molecule has 0 bridgehead atoms. The molecule has 0 unspecified atom stereocenters. The van der Waals surface area contributed by atoms with Gasteiger partial charge in [0, 0.05) is 0 Å². The fourth-order valence-electron chi connectivity index (χ4n) is 1.30. The number of nitrogens with zero attached hydrogens (tertiary/aromatic N) is 2. The fraction of sp³-hybridized carbons (Fsp3) is 0. The summed E-state index contributed by atoms with van der Waals surface area (Å²) in [6, 6.07) is 5.32. The van der Waals surface area contributed by atoms with Crippen molar-refractivity contribution in [3.63, 3.8) is 0 Å². The van der Waals surface area contributed by atoms with Crippen LogP contribution in [-0.2, 0) is 0 Å². The minimum Gasteiger partial charge on any atom is -0.447 e. The number of benzene rings is 1. The summed E-state index contributed by atoms with van der Waals surface area (Å²) in [6.07, 6.45) is 1.28. The normalized spacial score (nSPS) is 10.3. The van der Waals surface area contributed by atoms with Crippen LogP contribution in [0.2, 0.25) is 5.02 Å². The Morgan fingerprint density at radius 3 is 2.84 bits per heavy atom. The molecule has 98 valence electrons. The predicted molar refractivity (Wildman–Crippen MR) is 75.1 cm³/mol. The summed E-state index contributed by atoms with van der Waals surface area (Å²) < 4.78 is 18.9. The van der Waals surface area contributed by atoms with Gasteiger partial charge in [0.1, 0.15) is 17.8 Å². The van der Waals surface area contributed by atoms with Gasteiger partial charge in [-0.3, -0.25) is 0 Å². The molecule has 0 fully saturated rings. The zero-order chi connectivity index (χ0) is 14.0. The maximum Gasteiger partial charge on any atom is 0.406 e. The molecule has 0 amide bonds. The Kier molecular flexibility index (Phi) is 4.15. The summed E-state index contributed by atoms with van der Waals surface area (Å²) >= 11 is 7.59. The van der Waals surface area contributed by atoms with Crippen molar-refractivity contribution < 1.29 is 14.1 Å². The highest BCUT2D eigenvalue weighted by atomic mass is 127. The summed E-state index contributed by atoms with van der Waals surface area (Å²) in [5, 5.41) is 10.8. The highest BCUT2D eigenvalue weighted by Crippen LogP contribution is 2.35. The molecule has 0 atom stereocenters. The van der Waals surface area contributed by atoms with Crippen molar-refractivity contribution in [3.8, 4) is 11.5 Å². The van der Waals surface area contributed by atoms with E-state index in [0.29, 0.717) is 3.57 Å². The molecular weight excluding hydrogens is 389 g/mol. The van der Waals surface area contributed by atoms with Crippen LogP contribution in [0.4, 0.5) is 10.2 Å². The van der Waals surface area contributed by atoms with Crippen LogP contribution in [0, 0.1) is 19.5 Å². The number of ether oxygens (including phenoxy) is 1. The predicted octanol–water partition coefficient (Wildman–Crippen LogP) is 4.18. The van der Waals surface area contributed by atoms with Crippen molar-refractivity contribution >= 4 is 40.0 Å². The van der Waals surface area contributed by atoms with Crippen LogP contribution in [0.5, 0.6) is 11.5 Å². The minimum atomic E-state index is -0.669. The molecule has 0 spiro atoms. The summed E-state index contributed by atoms with van der Waals surface area (Å²) in [5.41, 5.74) is 0. The highest BCUT2D eigenvalue weighted by molar-refractivity contribution is 14.1. The first-order chi connectivity index (χ1) is 8.99. The van der Waals surface area contributed by atoms with Crippen molar-refractivity contribution in [2.24, 2.45) is 0 Å². The largest absolute Gasteiger partial charge is 0.447 e. The molecule has 0 saturated carbocycles. The van der Waals surface area contributed by atoms with Gasteiger partial charge < -0.3 is 14.9 Å². The second-order valence-electron chi connectivity index (χ2n) is 3.38. The van der Waals surface area contributed by atoms with Crippen LogP contribution in [0.25, 0.3) is 0 Å². The lowest BCUT2D eigenvalue weighted by molar-refractivity contribution is -0.390. The number of pyridine rings is 1. The molecule has 19 heavy (non-hydrogen) atoms. The van der Waals surface area contributed by atoms with Gasteiger partial charge in [0.15, 0.2) is 0 Å². The summed E-state index contributed by atoms with van der Waals surface area (Å²) in [4.78, 5) is 13.7. The van der Waals surface area contributed by atoms with E-state index in [1.54, 1.807) is 22.6 Å². The summed E-state index contributed by atoms with van der Waals surface area (Å²) in [7, 11) is 0. The van der Waals surface area contributed by atoms with Crippen molar-refractivity contribution in [2.45, 2.75) is 0 Å². The van der Waals surface area contributed by atoms with Crippen LogP contribution >= 0.6 is 34.2 Å². The number of rotatable bonds is 3. The Morgan fingerprint density at radius 2 is 2.16 bits per heavy atom. The van der Waals surface area contributed by atoms with Gasteiger partial charge in [-0.25, -0.2) is 4.39 Å². The van der Waals surface area contributed by atoms with Crippen LogP contribution in [0.15, 0.2) is 30.5 Å². The van der Waals surface area contributed by atoms with Crippen LogP contribution < -0.4 is 4.74 Å². The van der Waals surface area contributed by atoms with E-state index in [1.165, 1.54) is 24.4 Å². The molecule has 0 aliphatic carbocycles. The van der Waals surface area contributed by atoms with Gasteiger partial charge >= 0.3 is 5.82 Å². The second kappa shape index (κ2) is 5.66. The lowest BCUT2D eigenvalue weighted by atomic mass is 10.3. The third kappa shape index (κ3) is 3.10. The van der Waals surface area contributed by atoms with Crippen molar-refractivity contribution in [2.75, 3.05) is 0 Å². The molecule has 1 aromatic carbocycles. The van der Waals surface area contributed by atoms with E-state index in [1.807, 2.05) is 0 Å². The third-order valence-corrected chi connectivity index (χ3v) is 3.24. The molecule has 5 nitrogen and oxygen atoms in total. The van der Waals surface area contributed by atoms with Crippen molar-refractivity contribution in [1.29, 1.82) is 0 Å². The quantitative estimate of drug-likeness (QED) is 0.339. The van der Waals surface area contributed by atoms with E-state index < -0.39 is 16.6 Å². The zero-order valence-electron chi connectivity index (χ0n) is 9.14. The van der Waals surface area contributed by atoms with Gasteiger partial charge in [-0.1, -0.05) is 11.6 Å². The average Bonchev–Trinajstić information content (AvgIpc) is 2.36. The van der Waals surface area contributed by atoms with Gasteiger partial charge in [0.25, 0.3) is 0 Å². The highest BCUT2D eigenvalue weighted by Gasteiger charge is 2.18. The van der Waals surface area contributed by atoms with E-state index in [9.17, 15) is 14.5 Å². The number of hydrogen-bond acceptors (Lipinski definition) is 4. The number of nitro groups is 1. The molecule has 2 rings (SSSR count). The molecule has 0 N–H and O–H groups in total. The van der Waals surface area contributed by atoms with E-state index in [-0.39, 0.29) is 16.5 Å². The molecule has 1 aromatic heterocycles. The maximum atomic E-state index is 13.2. The Labute approximate surface area is 125 Å². The Hall–Kier alpha value is -1.48.